The summed E-state index contributed by atoms with van der Waals surface area (Å²) in [6.07, 6.45) is 8.43. The van der Waals surface area contributed by atoms with Crippen LogP contribution in [-0.4, -0.2) is 25.1 Å². The fourth-order valence-corrected chi connectivity index (χ4v) is 2.82. The zero-order valence-electron chi connectivity index (χ0n) is 13.8. The van der Waals surface area contributed by atoms with Gasteiger partial charge in [0, 0.05) is 13.0 Å². The van der Waals surface area contributed by atoms with E-state index >= 15 is 0 Å². The average molecular weight is 341 g/mol. The zero-order valence-corrected chi connectivity index (χ0v) is 14.6. The second-order valence-corrected chi connectivity index (χ2v) is 6.02. The molecule has 1 aromatic carbocycles. The minimum absolute atomic E-state index is 0. The highest BCUT2D eigenvalue weighted by Gasteiger charge is 2.16. The normalized spacial score (nSPS) is 14.3. The van der Waals surface area contributed by atoms with Crippen LogP contribution < -0.4 is 15.8 Å². The lowest BCUT2D eigenvalue weighted by Crippen LogP contribution is -2.25. The summed E-state index contributed by atoms with van der Waals surface area (Å²) in [6.45, 7) is 1.41. The number of hydrogen-bond acceptors (Lipinski definition) is 3. The summed E-state index contributed by atoms with van der Waals surface area (Å²) in [5, 5.41) is 2.94. The van der Waals surface area contributed by atoms with Gasteiger partial charge in [-0.05, 0) is 69.2 Å². The number of rotatable bonds is 9. The van der Waals surface area contributed by atoms with Crippen LogP contribution in [0.3, 0.4) is 0 Å². The van der Waals surface area contributed by atoms with Crippen LogP contribution in [0.5, 0.6) is 5.75 Å². The van der Waals surface area contributed by atoms with E-state index < -0.39 is 0 Å². The van der Waals surface area contributed by atoms with E-state index in [1.165, 1.54) is 12.8 Å². The number of benzene rings is 1. The number of carbonyl (C=O) groups excluding carboxylic acids is 1. The van der Waals surface area contributed by atoms with E-state index in [0.29, 0.717) is 19.1 Å². The molecule has 0 bridgehead atoms. The molecule has 1 fully saturated rings. The van der Waals surface area contributed by atoms with Crippen molar-refractivity contribution in [1.29, 1.82) is 0 Å². The van der Waals surface area contributed by atoms with Gasteiger partial charge in [0.1, 0.15) is 5.75 Å². The van der Waals surface area contributed by atoms with Crippen LogP contribution in [0.1, 0.15) is 50.5 Å². The number of carbonyl (C=O) groups is 1. The minimum Gasteiger partial charge on any atom is -0.490 e. The Balaban J connectivity index is 0.00000264. The molecule has 0 spiro atoms. The third-order valence-electron chi connectivity index (χ3n) is 4.10. The first kappa shape index (κ1) is 19.8. The van der Waals surface area contributed by atoms with E-state index in [4.69, 9.17) is 10.5 Å². The molecule has 2 rings (SSSR count). The molecule has 3 N–H and O–H groups in total. The summed E-state index contributed by atoms with van der Waals surface area (Å²) in [4.78, 5) is 11.8. The van der Waals surface area contributed by atoms with Crippen LogP contribution in [0.15, 0.2) is 24.3 Å². The van der Waals surface area contributed by atoms with Crippen molar-refractivity contribution in [3.63, 3.8) is 0 Å². The number of nitrogens with one attached hydrogen (secondary N) is 1. The lowest BCUT2D eigenvalue weighted by atomic mass is 10.1. The molecule has 0 radical (unpaired) electrons. The molecule has 0 saturated heterocycles. The maximum Gasteiger partial charge on any atom is 0.220 e. The number of nitrogens with two attached hydrogens (primary N) is 1. The van der Waals surface area contributed by atoms with Crippen molar-refractivity contribution in [2.24, 2.45) is 5.73 Å². The minimum atomic E-state index is 0. The third kappa shape index (κ3) is 7.71. The highest BCUT2D eigenvalue weighted by atomic mass is 35.5. The Labute approximate surface area is 145 Å². The maximum atomic E-state index is 11.8. The number of unbranched alkanes of at least 4 members (excludes halogenated alkanes) is 1. The fraction of sp³-hybridized carbons (Fsp3) is 0.611. The van der Waals surface area contributed by atoms with E-state index in [0.717, 1.165) is 50.0 Å². The summed E-state index contributed by atoms with van der Waals surface area (Å²) < 4.78 is 6.00. The van der Waals surface area contributed by atoms with Crippen LogP contribution in [0.4, 0.5) is 0 Å². The Morgan fingerprint density at radius 3 is 2.78 bits per heavy atom. The zero-order chi connectivity index (χ0) is 15.6. The Hall–Kier alpha value is -1.26. The van der Waals surface area contributed by atoms with E-state index in [1.54, 1.807) is 0 Å². The van der Waals surface area contributed by atoms with E-state index in [1.807, 2.05) is 12.1 Å². The van der Waals surface area contributed by atoms with Gasteiger partial charge in [0.05, 0.1) is 6.10 Å². The van der Waals surface area contributed by atoms with Crippen molar-refractivity contribution in [1.82, 2.24) is 5.32 Å². The van der Waals surface area contributed by atoms with Gasteiger partial charge < -0.3 is 15.8 Å². The Kier molecular flexibility index (Phi) is 9.72. The van der Waals surface area contributed by atoms with Crippen LogP contribution in [0.25, 0.3) is 0 Å². The molecule has 1 amide bonds. The number of hydrogen-bond donors (Lipinski definition) is 2. The lowest BCUT2D eigenvalue weighted by Gasteiger charge is -2.13. The summed E-state index contributed by atoms with van der Waals surface area (Å²) in [5.74, 6) is 1.05. The molecule has 130 valence electrons. The van der Waals surface area contributed by atoms with Crippen molar-refractivity contribution < 1.29 is 9.53 Å². The van der Waals surface area contributed by atoms with Crippen molar-refractivity contribution >= 4 is 18.3 Å². The molecule has 1 aliphatic carbocycles. The largest absolute Gasteiger partial charge is 0.490 e. The van der Waals surface area contributed by atoms with Crippen molar-refractivity contribution in [2.75, 3.05) is 13.1 Å². The summed E-state index contributed by atoms with van der Waals surface area (Å²) in [5.41, 5.74) is 6.59. The van der Waals surface area contributed by atoms with E-state index in [9.17, 15) is 4.79 Å². The predicted molar refractivity (Wildman–Crippen MR) is 96.2 cm³/mol. The van der Waals surface area contributed by atoms with Gasteiger partial charge in [-0.1, -0.05) is 12.1 Å². The highest BCUT2D eigenvalue weighted by Crippen LogP contribution is 2.24. The molecule has 0 atom stereocenters. The molecular weight excluding hydrogens is 312 g/mol. The van der Waals surface area contributed by atoms with Crippen molar-refractivity contribution in [2.45, 2.75) is 57.5 Å². The Morgan fingerprint density at radius 1 is 1.26 bits per heavy atom. The van der Waals surface area contributed by atoms with Gasteiger partial charge >= 0.3 is 0 Å². The molecule has 0 unspecified atom stereocenters. The molecule has 1 aromatic rings. The van der Waals surface area contributed by atoms with Gasteiger partial charge in [-0.15, -0.1) is 12.4 Å². The first-order valence-electron chi connectivity index (χ1n) is 8.50. The third-order valence-corrected chi connectivity index (χ3v) is 4.10. The van der Waals surface area contributed by atoms with Gasteiger partial charge in [0.25, 0.3) is 0 Å². The van der Waals surface area contributed by atoms with E-state index in [2.05, 4.69) is 17.4 Å². The van der Waals surface area contributed by atoms with Gasteiger partial charge in [-0.2, -0.15) is 0 Å². The Morgan fingerprint density at radius 2 is 2.04 bits per heavy atom. The molecule has 0 aromatic heterocycles. The van der Waals surface area contributed by atoms with Crippen LogP contribution in [0, 0.1) is 0 Å². The topological polar surface area (TPSA) is 64.3 Å². The number of aryl methyl sites for hydroxylation is 1. The summed E-state index contributed by atoms with van der Waals surface area (Å²) in [6, 6.07) is 8.15. The van der Waals surface area contributed by atoms with E-state index in [-0.39, 0.29) is 18.3 Å². The lowest BCUT2D eigenvalue weighted by molar-refractivity contribution is -0.121. The molecule has 1 saturated carbocycles. The monoisotopic (exact) mass is 340 g/mol. The summed E-state index contributed by atoms with van der Waals surface area (Å²) in [7, 11) is 0. The summed E-state index contributed by atoms with van der Waals surface area (Å²) >= 11 is 0. The molecular formula is C18H29ClN2O2. The fourth-order valence-electron chi connectivity index (χ4n) is 2.82. The maximum absolute atomic E-state index is 11.8. The van der Waals surface area contributed by atoms with Crippen LogP contribution in [0.2, 0.25) is 0 Å². The second-order valence-electron chi connectivity index (χ2n) is 6.02. The number of ether oxygens (including phenoxy) is 1. The SMILES string of the molecule is Cl.NCCCCNC(=O)CCc1cccc(OC2CCCC2)c1. The molecule has 0 aliphatic heterocycles. The van der Waals surface area contributed by atoms with Gasteiger partial charge in [0.2, 0.25) is 5.91 Å². The van der Waals surface area contributed by atoms with Gasteiger partial charge in [-0.3, -0.25) is 4.79 Å². The highest BCUT2D eigenvalue weighted by molar-refractivity contribution is 5.85. The number of amides is 1. The van der Waals surface area contributed by atoms with Gasteiger partial charge in [-0.25, -0.2) is 0 Å². The number of halogens is 1. The molecule has 5 heteroatoms. The quantitative estimate of drug-likeness (QED) is 0.678. The van der Waals surface area contributed by atoms with Gasteiger partial charge in [0.15, 0.2) is 0 Å². The standard InChI is InChI=1S/C18H28N2O2.ClH/c19-12-3-4-13-20-18(21)11-10-15-6-5-9-17(14-15)22-16-7-1-2-8-16;/h5-6,9,14,16H,1-4,7-8,10-13,19H2,(H,20,21);1H. The van der Waals surface area contributed by atoms with Crippen LogP contribution >= 0.6 is 12.4 Å². The molecule has 0 heterocycles. The Bertz CT molecular complexity index is 462. The molecule has 1 aliphatic rings. The van der Waals surface area contributed by atoms with Crippen molar-refractivity contribution in [3.05, 3.63) is 29.8 Å². The second kappa shape index (κ2) is 11.3. The molecule has 23 heavy (non-hydrogen) atoms. The first-order chi connectivity index (χ1) is 10.8. The first-order valence-corrected chi connectivity index (χ1v) is 8.50. The van der Waals surface area contributed by atoms with Crippen molar-refractivity contribution in [3.8, 4) is 5.75 Å². The predicted octanol–water partition coefficient (Wildman–Crippen LogP) is 3.22. The molecule has 4 nitrogen and oxygen atoms in total. The average Bonchev–Trinajstić information content (AvgIpc) is 3.03. The van der Waals surface area contributed by atoms with Crippen LogP contribution in [-0.2, 0) is 11.2 Å². The smallest absolute Gasteiger partial charge is 0.220 e.